The maximum atomic E-state index is 13.0. The number of anilines is 1. The maximum Gasteiger partial charge on any atom is 0.321 e. The topological polar surface area (TPSA) is 41.6 Å². The molecule has 1 N–H and O–H groups in total. The fourth-order valence-corrected chi connectivity index (χ4v) is 3.17. The van der Waals surface area contributed by atoms with E-state index in [0.717, 1.165) is 49.4 Å². The smallest absolute Gasteiger partial charge is 0.321 e. The SMILES string of the molecule is COc1ccc(NC(=O)N2CCC(Cc3ccc(F)cc3)CC2)cc1. The summed E-state index contributed by atoms with van der Waals surface area (Å²) in [7, 11) is 1.61. The molecular formula is C20H23FN2O2. The first-order valence-electron chi connectivity index (χ1n) is 8.58. The molecule has 0 saturated carbocycles. The Labute approximate surface area is 147 Å². The van der Waals surface area contributed by atoms with Gasteiger partial charge >= 0.3 is 6.03 Å². The molecule has 0 unspecified atom stereocenters. The molecule has 1 fully saturated rings. The molecule has 0 bridgehead atoms. The van der Waals surface area contributed by atoms with Crippen molar-refractivity contribution in [3.8, 4) is 5.75 Å². The van der Waals surface area contributed by atoms with Gasteiger partial charge in [-0.25, -0.2) is 9.18 Å². The number of carbonyl (C=O) groups excluding carboxylic acids is 1. The van der Waals surface area contributed by atoms with Crippen molar-refractivity contribution in [2.75, 3.05) is 25.5 Å². The molecule has 3 rings (SSSR count). The summed E-state index contributed by atoms with van der Waals surface area (Å²) in [4.78, 5) is 14.2. The third kappa shape index (κ3) is 4.72. The minimum absolute atomic E-state index is 0.0644. The number of nitrogens with one attached hydrogen (secondary N) is 1. The number of halogens is 1. The Morgan fingerprint density at radius 2 is 1.76 bits per heavy atom. The summed E-state index contributed by atoms with van der Waals surface area (Å²) in [5.41, 5.74) is 1.92. The highest BCUT2D eigenvalue weighted by atomic mass is 19.1. The highest BCUT2D eigenvalue weighted by Gasteiger charge is 2.23. The first kappa shape index (κ1) is 17.3. The molecule has 0 spiro atoms. The number of methoxy groups -OCH3 is 1. The lowest BCUT2D eigenvalue weighted by Gasteiger charge is -2.32. The number of ether oxygens (including phenoxy) is 1. The first-order valence-corrected chi connectivity index (χ1v) is 8.58. The van der Waals surface area contributed by atoms with Crippen LogP contribution < -0.4 is 10.1 Å². The van der Waals surface area contributed by atoms with Gasteiger partial charge in [0.2, 0.25) is 0 Å². The van der Waals surface area contributed by atoms with E-state index in [0.29, 0.717) is 5.92 Å². The van der Waals surface area contributed by atoms with Crippen molar-refractivity contribution in [1.29, 1.82) is 0 Å². The molecule has 132 valence electrons. The quantitative estimate of drug-likeness (QED) is 0.899. The van der Waals surface area contributed by atoms with E-state index in [1.165, 1.54) is 12.1 Å². The van der Waals surface area contributed by atoms with Crippen molar-refractivity contribution in [3.63, 3.8) is 0 Å². The van der Waals surface area contributed by atoms with Crippen molar-refractivity contribution in [2.45, 2.75) is 19.3 Å². The minimum atomic E-state index is -0.200. The van der Waals surface area contributed by atoms with E-state index in [9.17, 15) is 9.18 Å². The Kier molecular flexibility index (Phi) is 5.53. The molecule has 2 aromatic carbocycles. The molecule has 1 aliphatic heterocycles. The zero-order chi connectivity index (χ0) is 17.6. The molecule has 1 heterocycles. The van der Waals surface area contributed by atoms with E-state index in [1.807, 2.05) is 41.3 Å². The number of amides is 2. The summed E-state index contributed by atoms with van der Waals surface area (Å²) >= 11 is 0. The monoisotopic (exact) mass is 342 g/mol. The van der Waals surface area contributed by atoms with Crippen LogP contribution in [0.15, 0.2) is 48.5 Å². The average Bonchev–Trinajstić information content (AvgIpc) is 2.65. The van der Waals surface area contributed by atoms with Gasteiger partial charge in [-0.05, 0) is 67.1 Å². The number of nitrogens with zero attached hydrogens (tertiary/aromatic N) is 1. The van der Waals surface area contributed by atoms with Gasteiger partial charge in [-0.1, -0.05) is 12.1 Å². The summed E-state index contributed by atoms with van der Waals surface area (Å²) in [6.07, 6.45) is 2.87. The second-order valence-electron chi connectivity index (χ2n) is 6.42. The van der Waals surface area contributed by atoms with E-state index in [-0.39, 0.29) is 11.8 Å². The van der Waals surface area contributed by atoms with Crippen LogP contribution in [0.3, 0.4) is 0 Å². The normalized spacial score (nSPS) is 15.0. The van der Waals surface area contributed by atoms with E-state index in [2.05, 4.69) is 5.32 Å². The molecular weight excluding hydrogens is 319 g/mol. The van der Waals surface area contributed by atoms with Crippen molar-refractivity contribution in [2.24, 2.45) is 5.92 Å². The molecule has 2 amide bonds. The van der Waals surface area contributed by atoms with E-state index in [4.69, 9.17) is 4.74 Å². The van der Waals surface area contributed by atoms with E-state index >= 15 is 0 Å². The molecule has 0 radical (unpaired) electrons. The van der Waals surface area contributed by atoms with Gasteiger partial charge in [0.25, 0.3) is 0 Å². The number of piperidine rings is 1. The minimum Gasteiger partial charge on any atom is -0.497 e. The predicted octanol–water partition coefficient (Wildman–Crippen LogP) is 4.32. The van der Waals surface area contributed by atoms with Crippen molar-refractivity contribution in [1.82, 2.24) is 4.90 Å². The maximum absolute atomic E-state index is 13.0. The lowest BCUT2D eigenvalue weighted by Crippen LogP contribution is -2.41. The highest BCUT2D eigenvalue weighted by Crippen LogP contribution is 2.23. The molecule has 1 saturated heterocycles. The summed E-state index contributed by atoms with van der Waals surface area (Å²) < 4.78 is 18.1. The van der Waals surface area contributed by atoms with Crippen LogP contribution >= 0.6 is 0 Å². The van der Waals surface area contributed by atoms with E-state index < -0.39 is 0 Å². The van der Waals surface area contributed by atoms with Gasteiger partial charge in [-0.3, -0.25) is 0 Å². The molecule has 4 nitrogen and oxygen atoms in total. The zero-order valence-corrected chi connectivity index (χ0v) is 14.4. The Hall–Kier alpha value is -2.56. The Morgan fingerprint density at radius 3 is 2.36 bits per heavy atom. The van der Waals surface area contributed by atoms with Crippen LogP contribution in [0.1, 0.15) is 18.4 Å². The number of benzene rings is 2. The molecule has 5 heteroatoms. The predicted molar refractivity (Wildman–Crippen MR) is 96.4 cm³/mol. The van der Waals surface area contributed by atoms with Gasteiger partial charge in [0, 0.05) is 18.8 Å². The van der Waals surface area contributed by atoms with Crippen LogP contribution in [0.2, 0.25) is 0 Å². The largest absolute Gasteiger partial charge is 0.497 e. The van der Waals surface area contributed by atoms with Gasteiger partial charge in [0.1, 0.15) is 11.6 Å². The van der Waals surface area contributed by atoms with E-state index in [1.54, 1.807) is 7.11 Å². The molecule has 2 aromatic rings. The van der Waals surface area contributed by atoms with Crippen LogP contribution in [0.25, 0.3) is 0 Å². The summed E-state index contributed by atoms with van der Waals surface area (Å²) in [5, 5.41) is 2.92. The fourth-order valence-electron chi connectivity index (χ4n) is 3.17. The number of carbonyl (C=O) groups is 1. The molecule has 1 aliphatic rings. The first-order chi connectivity index (χ1) is 12.1. The zero-order valence-electron chi connectivity index (χ0n) is 14.4. The standard InChI is InChI=1S/C20H23FN2O2/c1-25-19-8-6-18(7-9-19)22-20(24)23-12-10-16(11-13-23)14-15-2-4-17(21)5-3-15/h2-9,16H,10-14H2,1H3,(H,22,24). The van der Waals surface area contributed by atoms with Crippen molar-refractivity contribution < 1.29 is 13.9 Å². The van der Waals surface area contributed by atoms with Crippen LogP contribution in [0.5, 0.6) is 5.75 Å². The average molecular weight is 342 g/mol. The lowest BCUT2D eigenvalue weighted by molar-refractivity contribution is 0.182. The fraction of sp³-hybridized carbons (Fsp3) is 0.350. The van der Waals surface area contributed by atoms with Gasteiger partial charge in [0.15, 0.2) is 0 Å². The lowest BCUT2D eigenvalue weighted by atomic mass is 9.90. The highest BCUT2D eigenvalue weighted by molar-refractivity contribution is 5.89. The number of hydrogen-bond donors (Lipinski definition) is 1. The third-order valence-electron chi connectivity index (χ3n) is 4.68. The molecule has 0 aromatic heterocycles. The summed E-state index contributed by atoms with van der Waals surface area (Å²) in [6.45, 7) is 1.49. The Bertz CT molecular complexity index is 693. The van der Waals surface area contributed by atoms with Gasteiger partial charge < -0.3 is 15.0 Å². The second kappa shape index (κ2) is 8.01. The van der Waals surface area contributed by atoms with Gasteiger partial charge in [0.05, 0.1) is 7.11 Å². The summed E-state index contributed by atoms with van der Waals surface area (Å²) in [6, 6.07) is 14.0. The molecule has 0 atom stereocenters. The number of rotatable bonds is 4. The van der Waals surface area contributed by atoms with Gasteiger partial charge in [-0.15, -0.1) is 0 Å². The van der Waals surface area contributed by atoms with Gasteiger partial charge in [-0.2, -0.15) is 0 Å². The summed E-state index contributed by atoms with van der Waals surface area (Å²) in [5.74, 6) is 1.10. The Morgan fingerprint density at radius 1 is 1.12 bits per heavy atom. The van der Waals surface area contributed by atoms with Crippen LogP contribution in [-0.2, 0) is 6.42 Å². The number of hydrogen-bond acceptors (Lipinski definition) is 2. The number of likely N-dealkylation sites (tertiary alicyclic amines) is 1. The van der Waals surface area contributed by atoms with Crippen molar-refractivity contribution >= 4 is 11.7 Å². The third-order valence-corrected chi connectivity index (χ3v) is 4.68. The van der Waals surface area contributed by atoms with Crippen molar-refractivity contribution in [3.05, 3.63) is 59.9 Å². The molecule has 0 aliphatic carbocycles. The van der Waals surface area contributed by atoms with Crippen LogP contribution in [0, 0.1) is 11.7 Å². The second-order valence-corrected chi connectivity index (χ2v) is 6.42. The Balaban J connectivity index is 1.47. The van der Waals surface area contributed by atoms with Crippen LogP contribution in [-0.4, -0.2) is 31.1 Å². The van der Waals surface area contributed by atoms with Crippen LogP contribution in [0.4, 0.5) is 14.9 Å². The number of urea groups is 1. The molecule has 25 heavy (non-hydrogen) atoms.